The van der Waals surface area contributed by atoms with Crippen LogP contribution >= 0.6 is 11.6 Å². The number of aromatic nitrogens is 3. The van der Waals surface area contributed by atoms with E-state index in [1.807, 2.05) is 16.9 Å². The van der Waals surface area contributed by atoms with Crippen molar-refractivity contribution in [2.45, 2.75) is 56.6 Å². The molecule has 1 aromatic heterocycles. The van der Waals surface area contributed by atoms with Crippen LogP contribution < -0.4 is 10.1 Å². The highest BCUT2D eigenvalue weighted by molar-refractivity contribution is 6.30. The van der Waals surface area contributed by atoms with Crippen LogP contribution in [0, 0.1) is 5.82 Å². The average molecular weight is 682 g/mol. The Kier molecular flexibility index (Phi) is 10.2. The molecule has 3 saturated heterocycles. The van der Waals surface area contributed by atoms with Crippen molar-refractivity contribution in [2.24, 2.45) is 0 Å². The van der Waals surface area contributed by atoms with Gasteiger partial charge < -0.3 is 24.4 Å². The number of morpholine rings is 1. The maximum atomic E-state index is 14.2. The van der Waals surface area contributed by atoms with Gasteiger partial charge in [0.15, 0.2) is 0 Å². The van der Waals surface area contributed by atoms with Gasteiger partial charge in [-0.2, -0.15) is 0 Å². The van der Waals surface area contributed by atoms with Gasteiger partial charge in [-0.05, 0) is 42.7 Å². The Morgan fingerprint density at radius 3 is 2.67 bits per heavy atom. The van der Waals surface area contributed by atoms with Crippen molar-refractivity contribution in [3.63, 3.8) is 0 Å². The van der Waals surface area contributed by atoms with Gasteiger partial charge in [-0.25, -0.2) is 9.07 Å². The maximum absolute atomic E-state index is 14.2. The lowest BCUT2D eigenvalue weighted by Crippen LogP contribution is -2.61. The van der Waals surface area contributed by atoms with Crippen LogP contribution in [-0.4, -0.2) is 119 Å². The molecule has 4 aliphatic rings. The molecule has 1 N–H and O–H groups in total. The minimum atomic E-state index is -0.788. The number of nitrogens with one attached hydrogen (secondary N) is 1. The van der Waals surface area contributed by atoms with E-state index < -0.39 is 11.9 Å². The summed E-state index contributed by atoms with van der Waals surface area (Å²) in [4.78, 5) is 34.1. The van der Waals surface area contributed by atoms with Crippen molar-refractivity contribution in [3.05, 3.63) is 76.3 Å². The number of rotatable bonds is 5. The molecule has 3 aromatic rings. The SMILES string of the molecule is O=C1NC[C@H]2O[C@H](CCOc3ccccc3C(=O)N3CCN(Cc4ccc(Cl)c(F)c4)C[C@@H]13)CC[C@H]2n1cc(CN2CCOCC2)nn1. The number of para-hydroxylation sites is 1. The first-order valence-corrected chi connectivity index (χ1v) is 17.1. The van der Waals surface area contributed by atoms with Crippen molar-refractivity contribution in [2.75, 3.05) is 59.1 Å². The van der Waals surface area contributed by atoms with Gasteiger partial charge in [-0.15, -0.1) is 5.10 Å². The first-order valence-electron chi connectivity index (χ1n) is 16.7. The highest BCUT2D eigenvalue weighted by Gasteiger charge is 2.39. The second kappa shape index (κ2) is 14.9. The Morgan fingerprint density at radius 1 is 0.958 bits per heavy atom. The van der Waals surface area contributed by atoms with E-state index in [0.29, 0.717) is 63.7 Å². The van der Waals surface area contributed by atoms with E-state index in [1.54, 1.807) is 29.2 Å². The molecule has 3 fully saturated rings. The lowest BCUT2D eigenvalue weighted by atomic mass is 9.96. The normalized spacial score (nSPS) is 26.2. The Labute approximate surface area is 284 Å². The van der Waals surface area contributed by atoms with E-state index in [-0.39, 0.29) is 48.2 Å². The summed E-state index contributed by atoms with van der Waals surface area (Å²) in [6, 6.07) is 11.0. The molecule has 0 spiro atoms. The maximum Gasteiger partial charge on any atom is 0.258 e. The number of carbonyl (C=O) groups excluding carboxylic acids is 2. The second-order valence-electron chi connectivity index (χ2n) is 12.9. The first kappa shape index (κ1) is 32.9. The summed E-state index contributed by atoms with van der Waals surface area (Å²) >= 11 is 5.91. The summed E-state index contributed by atoms with van der Waals surface area (Å²) in [7, 11) is 0. The molecular formula is C34H41ClFN7O5. The van der Waals surface area contributed by atoms with Gasteiger partial charge in [-0.3, -0.25) is 19.4 Å². The molecule has 2 aromatic carbocycles. The molecule has 0 aliphatic carbocycles. The van der Waals surface area contributed by atoms with Gasteiger partial charge in [0.05, 0.1) is 60.5 Å². The fraction of sp³-hybridized carbons (Fsp3) is 0.529. The van der Waals surface area contributed by atoms with Crippen LogP contribution in [0.25, 0.3) is 0 Å². The molecule has 48 heavy (non-hydrogen) atoms. The van der Waals surface area contributed by atoms with Crippen molar-refractivity contribution in [3.8, 4) is 5.75 Å². The largest absolute Gasteiger partial charge is 0.493 e. The minimum absolute atomic E-state index is 0.0603. The third kappa shape index (κ3) is 7.50. The van der Waals surface area contributed by atoms with Gasteiger partial charge in [0.1, 0.15) is 17.6 Å². The van der Waals surface area contributed by atoms with E-state index in [9.17, 15) is 14.0 Å². The van der Waals surface area contributed by atoms with Gasteiger partial charge in [0, 0.05) is 58.8 Å². The average Bonchev–Trinajstić information content (AvgIpc) is 3.57. The molecule has 256 valence electrons. The third-order valence-corrected chi connectivity index (χ3v) is 9.98. The van der Waals surface area contributed by atoms with Crippen LogP contribution in [0.2, 0.25) is 5.02 Å². The van der Waals surface area contributed by atoms with Gasteiger partial charge in [0.25, 0.3) is 5.91 Å². The fourth-order valence-corrected chi connectivity index (χ4v) is 7.19. The first-order chi connectivity index (χ1) is 23.4. The van der Waals surface area contributed by atoms with Crippen LogP contribution in [0.5, 0.6) is 5.75 Å². The topological polar surface area (TPSA) is 114 Å². The monoisotopic (exact) mass is 681 g/mol. The molecule has 0 radical (unpaired) electrons. The smallest absolute Gasteiger partial charge is 0.258 e. The lowest BCUT2D eigenvalue weighted by Gasteiger charge is -2.41. The number of fused-ring (bicyclic) bond motifs is 4. The van der Waals surface area contributed by atoms with Crippen LogP contribution in [0.1, 0.15) is 46.9 Å². The minimum Gasteiger partial charge on any atom is -0.493 e. The number of hydrogen-bond acceptors (Lipinski definition) is 9. The van der Waals surface area contributed by atoms with Crippen molar-refractivity contribution < 1.29 is 28.2 Å². The van der Waals surface area contributed by atoms with E-state index in [2.05, 4.69) is 25.4 Å². The summed E-state index contributed by atoms with van der Waals surface area (Å²) in [5.74, 6) is -0.540. The summed E-state index contributed by atoms with van der Waals surface area (Å²) in [5, 5.41) is 12.1. The second-order valence-corrected chi connectivity index (χ2v) is 13.3. The number of hydrogen-bond donors (Lipinski definition) is 1. The van der Waals surface area contributed by atoms with Crippen molar-refractivity contribution in [1.29, 1.82) is 0 Å². The Bertz CT molecular complexity index is 1600. The summed E-state index contributed by atoms with van der Waals surface area (Å²) < 4.78 is 34.4. The predicted octanol–water partition coefficient (Wildman–Crippen LogP) is 2.92. The zero-order chi connectivity index (χ0) is 33.0. The molecule has 2 amide bonds. The molecule has 14 heteroatoms. The van der Waals surface area contributed by atoms with E-state index >= 15 is 0 Å². The molecule has 4 aliphatic heterocycles. The van der Waals surface area contributed by atoms with E-state index in [1.165, 1.54) is 12.1 Å². The Balaban J connectivity index is 1.12. The molecule has 5 heterocycles. The Hall–Kier alpha value is -3.62. The van der Waals surface area contributed by atoms with Crippen LogP contribution in [-0.2, 0) is 27.4 Å². The summed E-state index contributed by atoms with van der Waals surface area (Å²) in [6.45, 7) is 5.99. The summed E-state index contributed by atoms with van der Waals surface area (Å²) in [5.41, 5.74) is 2.04. The number of piperazine rings is 1. The fourth-order valence-electron chi connectivity index (χ4n) is 7.07. The molecule has 0 saturated carbocycles. The van der Waals surface area contributed by atoms with Crippen molar-refractivity contribution >= 4 is 23.4 Å². The van der Waals surface area contributed by atoms with Gasteiger partial charge >= 0.3 is 0 Å². The molecule has 0 unspecified atom stereocenters. The highest BCUT2D eigenvalue weighted by Crippen LogP contribution is 2.31. The zero-order valence-electron chi connectivity index (χ0n) is 26.8. The quantitative estimate of drug-likeness (QED) is 0.434. The highest BCUT2D eigenvalue weighted by atomic mass is 35.5. The number of nitrogens with zero attached hydrogens (tertiary/aromatic N) is 6. The van der Waals surface area contributed by atoms with E-state index in [4.69, 9.17) is 25.8 Å². The number of carbonyl (C=O) groups is 2. The lowest BCUT2D eigenvalue weighted by molar-refractivity contribution is -0.130. The van der Waals surface area contributed by atoms with Gasteiger partial charge in [0.2, 0.25) is 5.91 Å². The third-order valence-electron chi connectivity index (χ3n) is 9.68. The van der Waals surface area contributed by atoms with Crippen molar-refractivity contribution in [1.82, 2.24) is 35.0 Å². The molecular weight excluding hydrogens is 641 g/mol. The number of benzene rings is 2. The Morgan fingerprint density at radius 2 is 1.81 bits per heavy atom. The number of amides is 2. The molecule has 12 nitrogen and oxygen atoms in total. The van der Waals surface area contributed by atoms with Crippen LogP contribution in [0.4, 0.5) is 4.39 Å². The zero-order valence-corrected chi connectivity index (χ0v) is 27.6. The predicted molar refractivity (Wildman–Crippen MR) is 174 cm³/mol. The standard InChI is InChI=1S/C34H41ClFN7O5/c35-27-7-5-23(17-28(27)36)19-41-10-11-42-30(22-41)33(44)37-18-32-29(43-21-24(38-39-43)20-40-12-15-46-16-13-40)8-6-25(48-32)9-14-47-31-4-2-1-3-26(31)34(42)45/h1-5,7,17,21,25,29-30,32H,6,8-16,18-20,22H2,(H,37,44)/t25-,29+,30-,32+/m0/s1. The number of ether oxygens (including phenoxy) is 3. The molecule has 2 bridgehead atoms. The number of halogens is 2. The van der Waals surface area contributed by atoms with Crippen LogP contribution in [0.3, 0.4) is 0 Å². The van der Waals surface area contributed by atoms with E-state index in [0.717, 1.165) is 37.2 Å². The van der Waals surface area contributed by atoms with Crippen LogP contribution in [0.15, 0.2) is 48.7 Å². The molecule has 4 atom stereocenters. The summed E-state index contributed by atoms with van der Waals surface area (Å²) in [6.07, 6.45) is 3.80. The molecule has 7 rings (SSSR count). The van der Waals surface area contributed by atoms with Gasteiger partial charge in [-0.1, -0.05) is 35.0 Å².